The number of hydrogen-bond donors (Lipinski definition) is 0. The Morgan fingerprint density at radius 2 is 1.05 bits per heavy atom. The molecular formula is C51H31N5O. The Balaban J connectivity index is 1.29. The van der Waals surface area contributed by atoms with Crippen molar-refractivity contribution in [3.05, 3.63) is 187 Å². The molecule has 6 heteroatoms. The number of furan rings is 1. The first-order valence-electron chi connectivity index (χ1n) is 30.0. The smallest absolute Gasteiger partial charge is 0.238 e. The predicted octanol–water partition coefficient (Wildman–Crippen LogP) is 13.0. The monoisotopic (exact) mass is 755 g/mol. The van der Waals surface area contributed by atoms with Crippen LogP contribution in [0.2, 0.25) is 0 Å². The van der Waals surface area contributed by atoms with Gasteiger partial charge in [-0.05, 0) is 65.6 Å². The molecule has 0 N–H and O–H groups in total. The van der Waals surface area contributed by atoms with E-state index >= 15 is 0 Å². The van der Waals surface area contributed by atoms with Crippen LogP contribution in [-0.4, -0.2) is 24.1 Å². The molecule has 8 aromatic carbocycles. The highest BCUT2D eigenvalue weighted by Crippen LogP contribution is 2.41. The van der Waals surface area contributed by atoms with Crippen LogP contribution in [0.4, 0.5) is 0 Å². The Morgan fingerprint density at radius 1 is 0.421 bits per heavy atom. The van der Waals surface area contributed by atoms with Gasteiger partial charge in [0.05, 0.1) is 57.7 Å². The lowest BCUT2D eigenvalue weighted by atomic mass is 9.99. The summed E-state index contributed by atoms with van der Waals surface area (Å²) in [7, 11) is 0. The van der Waals surface area contributed by atoms with Crippen molar-refractivity contribution in [1.29, 1.82) is 0 Å². The SMILES string of the molecule is [2H]c1c([2H])c([2H])c(-c2nc(-c3c([2H])c([2H])c4c(oc5c([2H])c([2H])c([2H])c(-c6c([2H])c([2H])c([2H])c([2H])c6[2H])c54)c3[2H])nc(-n3c4c([2H])c([2H])c([2H])c([2H])c4c4c([2H])c5c6c([2H])c([2H])c([2H])c([2H])c6n(-c6ccccc6)c5c([2H])c43)n2)c([2H])c1[2H]. The summed E-state index contributed by atoms with van der Waals surface area (Å²) in [6.45, 7) is 0. The Morgan fingerprint density at radius 3 is 1.79 bits per heavy atom. The molecule has 0 amide bonds. The van der Waals surface area contributed by atoms with Crippen LogP contribution < -0.4 is 0 Å². The molecule has 0 saturated carbocycles. The quantitative estimate of drug-likeness (QED) is 0.175. The van der Waals surface area contributed by atoms with Crippen LogP contribution in [0.5, 0.6) is 0 Å². The van der Waals surface area contributed by atoms with E-state index in [-0.39, 0.29) is 27.5 Å². The lowest BCUT2D eigenvalue weighted by Gasteiger charge is -2.11. The van der Waals surface area contributed by atoms with E-state index in [1.54, 1.807) is 30.3 Å². The van der Waals surface area contributed by atoms with Gasteiger partial charge in [-0.15, -0.1) is 0 Å². The molecule has 12 rings (SSSR count). The molecule has 0 aliphatic heterocycles. The minimum absolute atomic E-state index is 0.176. The second-order valence-electron chi connectivity index (χ2n) is 12.4. The van der Waals surface area contributed by atoms with Crippen LogP contribution in [0.15, 0.2) is 192 Å². The van der Waals surface area contributed by atoms with Crippen molar-refractivity contribution >= 4 is 65.6 Å². The minimum Gasteiger partial charge on any atom is -0.456 e. The van der Waals surface area contributed by atoms with Crippen molar-refractivity contribution in [3.8, 4) is 45.5 Å². The van der Waals surface area contributed by atoms with Gasteiger partial charge in [0.15, 0.2) is 11.6 Å². The summed E-state index contributed by atoms with van der Waals surface area (Å²) in [5.74, 6) is -2.47. The number of rotatable bonds is 5. The second kappa shape index (κ2) is 12.3. The average molecular weight is 756 g/mol. The van der Waals surface area contributed by atoms with Gasteiger partial charge in [-0.25, -0.2) is 4.98 Å². The molecule has 57 heavy (non-hydrogen) atoms. The van der Waals surface area contributed by atoms with Gasteiger partial charge in [0, 0.05) is 49.1 Å². The van der Waals surface area contributed by atoms with Gasteiger partial charge in [0.1, 0.15) is 11.2 Å². The van der Waals surface area contributed by atoms with Crippen molar-refractivity contribution in [2.75, 3.05) is 0 Å². The molecule has 0 unspecified atom stereocenters. The maximum Gasteiger partial charge on any atom is 0.238 e. The Labute approximate surface area is 363 Å². The number of para-hydroxylation sites is 3. The number of nitrogens with zero attached hydrogens (tertiary/aromatic N) is 5. The molecule has 4 heterocycles. The van der Waals surface area contributed by atoms with Gasteiger partial charge in [0.2, 0.25) is 5.95 Å². The molecular weight excluding hydrogens is 699 g/mol. The van der Waals surface area contributed by atoms with E-state index in [1.165, 1.54) is 4.57 Å². The summed E-state index contributed by atoms with van der Waals surface area (Å²) < 4.78 is 242. The van der Waals surface area contributed by atoms with E-state index < -0.39 is 241 Å². The first-order valence-corrected chi connectivity index (χ1v) is 17.0. The molecule has 0 saturated heterocycles. The Hall–Kier alpha value is -7.83. The third-order valence-corrected chi connectivity index (χ3v) is 9.30. The van der Waals surface area contributed by atoms with E-state index in [0.717, 1.165) is 4.57 Å². The Bertz CT molecular complexity index is 5000. The normalized spacial score (nSPS) is 18.2. The maximum absolute atomic E-state index is 10.2. The number of fused-ring (bicyclic) bond motifs is 9. The van der Waals surface area contributed by atoms with Crippen LogP contribution in [0.25, 0.3) is 111 Å². The molecule has 0 aliphatic carbocycles. The standard InChI is InChI=1S/C51H31N5O/c1-4-15-32(16-5-1)36-23-14-26-46-48(36)39-28-27-34(29-47(39)57-46)50-52-49(33-17-6-2-7-18-33)53-51(54-50)56-43-25-13-11-22-38(43)41-30-40-37-21-10-12-24-42(37)55(44(40)31-45(41)56)35-19-8-3-9-20-35/h1-31H/i1D,2D,4D,5D,6D,7D,10D,11D,12D,13D,14D,15D,16D,17D,18D,21D,22D,23D,24D,25D,26D,27D,28D,29D,30D,31D. The van der Waals surface area contributed by atoms with Crippen molar-refractivity contribution in [3.63, 3.8) is 0 Å². The average Bonchev–Trinajstić information content (AvgIpc) is 1.77. The lowest BCUT2D eigenvalue weighted by molar-refractivity contribution is 0.669. The zero-order chi connectivity index (χ0) is 60.1. The minimum atomic E-state index is -0.956. The van der Waals surface area contributed by atoms with Gasteiger partial charge >= 0.3 is 0 Å². The fourth-order valence-electron chi connectivity index (χ4n) is 6.92. The first kappa shape index (κ1) is 15.4. The van der Waals surface area contributed by atoms with Crippen LogP contribution in [0.3, 0.4) is 0 Å². The van der Waals surface area contributed by atoms with E-state index in [4.69, 9.17) is 30.5 Å². The lowest BCUT2D eigenvalue weighted by Crippen LogP contribution is -2.06. The van der Waals surface area contributed by atoms with Crippen molar-refractivity contribution in [2.24, 2.45) is 0 Å². The molecule has 0 bridgehead atoms. The van der Waals surface area contributed by atoms with Crippen molar-refractivity contribution in [2.45, 2.75) is 0 Å². The highest BCUT2D eigenvalue weighted by molar-refractivity contribution is 6.19. The second-order valence-corrected chi connectivity index (χ2v) is 12.4. The van der Waals surface area contributed by atoms with Crippen molar-refractivity contribution < 1.29 is 40.1 Å². The summed E-state index contributed by atoms with van der Waals surface area (Å²) in [4.78, 5) is 13.6. The molecule has 0 radical (unpaired) electrons. The van der Waals surface area contributed by atoms with Gasteiger partial charge in [-0.3, -0.25) is 4.57 Å². The third kappa shape index (κ3) is 4.87. The zero-order valence-corrected chi connectivity index (χ0v) is 28.5. The molecule has 0 fully saturated rings. The fraction of sp³-hybridized carbons (Fsp3) is 0. The molecule has 0 aliphatic rings. The van der Waals surface area contributed by atoms with E-state index in [2.05, 4.69) is 15.0 Å². The van der Waals surface area contributed by atoms with Crippen molar-refractivity contribution in [1.82, 2.24) is 24.1 Å². The first-order chi connectivity index (χ1) is 39.1. The van der Waals surface area contributed by atoms with Crippen LogP contribution in [-0.2, 0) is 0 Å². The number of benzene rings is 8. The topological polar surface area (TPSA) is 61.7 Å². The zero-order valence-electron chi connectivity index (χ0n) is 54.5. The maximum atomic E-state index is 10.2. The summed E-state index contributed by atoms with van der Waals surface area (Å²) in [6.07, 6.45) is 0. The van der Waals surface area contributed by atoms with E-state index in [0.29, 0.717) is 0 Å². The van der Waals surface area contributed by atoms with E-state index in [9.17, 15) is 9.60 Å². The molecule has 0 spiro atoms. The van der Waals surface area contributed by atoms with Crippen LogP contribution >= 0.6 is 0 Å². The number of aromatic nitrogens is 5. The van der Waals surface area contributed by atoms with Crippen LogP contribution in [0.1, 0.15) is 35.6 Å². The third-order valence-electron chi connectivity index (χ3n) is 9.30. The molecule has 12 aromatic rings. The summed E-state index contributed by atoms with van der Waals surface area (Å²) in [5, 5.41) is -2.28. The Kier molecular flexibility index (Phi) is 3.33. The molecule has 266 valence electrons. The predicted molar refractivity (Wildman–Crippen MR) is 232 cm³/mol. The van der Waals surface area contributed by atoms with Gasteiger partial charge in [-0.1, -0.05) is 133 Å². The van der Waals surface area contributed by atoms with Crippen LogP contribution in [0, 0.1) is 0 Å². The van der Waals surface area contributed by atoms with Gasteiger partial charge in [0.25, 0.3) is 0 Å². The van der Waals surface area contributed by atoms with E-state index in [1.807, 2.05) is 0 Å². The number of hydrogen-bond acceptors (Lipinski definition) is 4. The summed E-state index contributed by atoms with van der Waals surface area (Å²) >= 11 is 0. The molecule has 4 aromatic heterocycles. The van der Waals surface area contributed by atoms with Gasteiger partial charge in [-0.2, -0.15) is 9.97 Å². The van der Waals surface area contributed by atoms with Gasteiger partial charge < -0.3 is 8.98 Å². The summed E-state index contributed by atoms with van der Waals surface area (Å²) in [5.41, 5.74) is -5.16. The molecule has 0 atom stereocenters. The molecule has 6 nitrogen and oxygen atoms in total. The largest absolute Gasteiger partial charge is 0.456 e. The highest BCUT2D eigenvalue weighted by Gasteiger charge is 2.22. The summed E-state index contributed by atoms with van der Waals surface area (Å²) in [6, 6.07) is -12.9. The fourth-order valence-corrected chi connectivity index (χ4v) is 6.92. The highest BCUT2D eigenvalue weighted by atomic mass is 16.3.